The van der Waals surface area contributed by atoms with Crippen molar-refractivity contribution in [3.05, 3.63) is 142 Å². The van der Waals surface area contributed by atoms with Gasteiger partial charge in [0.25, 0.3) is 5.70 Å². The lowest BCUT2D eigenvalue weighted by Crippen LogP contribution is -2.34. The van der Waals surface area contributed by atoms with E-state index in [1.165, 1.54) is 18.5 Å². The largest absolute Gasteiger partial charge is 0.478 e. The first-order valence-corrected chi connectivity index (χ1v) is 12.3. The van der Waals surface area contributed by atoms with Crippen molar-refractivity contribution in [2.75, 3.05) is 18.0 Å². The molecule has 4 nitrogen and oxygen atoms in total. The number of nitriles is 1. The van der Waals surface area contributed by atoms with E-state index in [0.29, 0.717) is 17.8 Å². The van der Waals surface area contributed by atoms with Gasteiger partial charge in [-0.1, -0.05) is 78.9 Å². The first-order valence-electron chi connectivity index (χ1n) is 12.3. The summed E-state index contributed by atoms with van der Waals surface area (Å²) in [6.45, 7) is 9.82. The highest BCUT2D eigenvalue weighted by Gasteiger charge is 2.40. The predicted octanol–water partition coefficient (Wildman–Crippen LogP) is 7.24. The van der Waals surface area contributed by atoms with Gasteiger partial charge in [-0.25, -0.2) is 10.1 Å². The fourth-order valence-corrected chi connectivity index (χ4v) is 5.01. The van der Waals surface area contributed by atoms with E-state index >= 15 is 0 Å². The van der Waals surface area contributed by atoms with Crippen LogP contribution in [0.1, 0.15) is 36.0 Å². The van der Waals surface area contributed by atoms with E-state index < -0.39 is 5.60 Å². The van der Waals surface area contributed by atoms with Crippen molar-refractivity contribution in [1.29, 1.82) is 5.26 Å². The Morgan fingerprint density at radius 3 is 2.06 bits per heavy atom. The van der Waals surface area contributed by atoms with Crippen LogP contribution in [0.4, 0.5) is 5.69 Å². The molecule has 0 aromatic heterocycles. The number of rotatable bonds is 5. The zero-order chi connectivity index (χ0) is 24.8. The maximum atomic E-state index is 9.69. The third kappa shape index (κ3) is 4.67. The van der Waals surface area contributed by atoms with Gasteiger partial charge in [-0.15, -0.1) is 0 Å². The molecule has 1 saturated heterocycles. The van der Waals surface area contributed by atoms with Crippen LogP contribution in [-0.2, 0) is 10.3 Å². The first kappa shape index (κ1) is 23.2. The van der Waals surface area contributed by atoms with Crippen molar-refractivity contribution in [3.63, 3.8) is 0 Å². The number of hydrogen-bond acceptors (Lipinski definition) is 3. The minimum Gasteiger partial charge on any atom is -0.478 e. The molecule has 3 aromatic carbocycles. The van der Waals surface area contributed by atoms with E-state index in [-0.39, 0.29) is 5.70 Å². The molecule has 1 fully saturated rings. The Hall–Kier alpha value is -4.54. The highest BCUT2D eigenvalue weighted by Crippen LogP contribution is 2.45. The number of allylic oxidation sites excluding steroid dienone is 3. The van der Waals surface area contributed by atoms with Crippen LogP contribution in [0.25, 0.3) is 10.9 Å². The van der Waals surface area contributed by atoms with Crippen LogP contribution in [0.15, 0.2) is 114 Å². The molecule has 2 aliphatic heterocycles. The quantitative estimate of drug-likeness (QED) is 0.292. The third-order valence-electron chi connectivity index (χ3n) is 6.85. The summed E-state index contributed by atoms with van der Waals surface area (Å²) in [7, 11) is 0. The van der Waals surface area contributed by atoms with Crippen molar-refractivity contribution < 1.29 is 4.74 Å². The summed E-state index contributed by atoms with van der Waals surface area (Å²) in [5, 5.41) is 9.69. The maximum absolute atomic E-state index is 9.69. The maximum Gasteiger partial charge on any atom is 0.265 e. The minimum atomic E-state index is -0.849. The van der Waals surface area contributed by atoms with Gasteiger partial charge in [-0.3, -0.25) is 0 Å². The molecule has 4 heteroatoms. The molecule has 176 valence electrons. The Bertz CT molecular complexity index is 1330. The first-order chi connectivity index (χ1) is 17.7. The summed E-state index contributed by atoms with van der Waals surface area (Å²) >= 11 is 0. The highest BCUT2D eigenvalue weighted by molar-refractivity contribution is 5.59. The third-order valence-corrected chi connectivity index (χ3v) is 6.85. The fourth-order valence-electron chi connectivity index (χ4n) is 5.01. The molecule has 5 rings (SSSR count). The van der Waals surface area contributed by atoms with E-state index in [1.807, 2.05) is 78.9 Å². The second-order valence-corrected chi connectivity index (χ2v) is 9.10. The van der Waals surface area contributed by atoms with Crippen LogP contribution in [0.5, 0.6) is 0 Å². The van der Waals surface area contributed by atoms with E-state index in [4.69, 9.17) is 11.3 Å². The van der Waals surface area contributed by atoms with Crippen molar-refractivity contribution >= 4 is 11.8 Å². The van der Waals surface area contributed by atoms with Crippen molar-refractivity contribution in [2.45, 2.75) is 24.9 Å². The van der Waals surface area contributed by atoms with Crippen LogP contribution in [-0.4, -0.2) is 13.1 Å². The molecule has 36 heavy (non-hydrogen) atoms. The van der Waals surface area contributed by atoms with Gasteiger partial charge in [-0.2, -0.15) is 0 Å². The van der Waals surface area contributed by atoms with Gasteiger partial charge in [0.15, 0.2) is 5.60 Å². The molecule has 3 aromatic rings. The van der Waals surface area contributed by atoms with Crippen LogP contribution >= 0.6 is 0 Å². The van der Waals surface area contributed by atoms with E-state index in [1.54, 1.807) is 0 Å². The van der Waals surface area contributed by atoms with Gasteiger partial charge in [-0.05, 0) is 48.3 Å². The monoisotopic (exact) mass is 469 g/mol. The molecule has 0 N–H and O–H groups in total. The number of nitrogens with zero attached hydrogens (tertiary/aromatic N) is 3. The van der Waals surface area contributed by atoms with Gasteiger partial charge >= 0.3 is 0 Å². The zero-order valence-electron chi connectivity index (χ0n) is 20.1. The smallest absolute Gasteiger partial charge is 0.265 e. The Morgan fingerprint density at radius 1 is 0.889 bits per heavy atom. The molecule has 0 atom stereocenters. The molecule has 0 bridgehead atoms. The number of hydrogen-bond donors (Lipinski definition) is 0. The molecule has 0 amide bonds. The predicted molar refractivity (Wildman–Crippen MR) is 144 cm³/mol. The molecular formula is C32H27N3O. The van der Waals surface area contributed by atoms with Crippen molar-refractivity contribution in [3.8, 4) is 6.07 Å². The lowest BCUT2D eigenvalue weighted by atomic mass is 9.79. The average Bonchev–Trinajstić information content (AvgIpc) is 3.49. The second kappa shape index (κ2) is 10.4. The van der Waals surface area contributed by atoms with Gasteiger partial charge in [0.1, 0.15) is 5.76 Å². The normalized spacial score (nSPS) is 18.2. The van der Waals surface area contributed by atoms with Gasteiger partial charge in [0, 0.05) is 36.3 Å². The van der Waals surface area contributed by atoms with Gasteiger partial charge in [0.2, 0.25) is 0 Å². The summed E-state index contributed by atoms with van der Waals surface area (Å²) in [5.74, 6) is 0.615. The van der Waals surface area contributed by atoms with Gasteiger partial charge < -0.3 is 9.64 Å². The molecule has 2 heterocycles. The molecule has 0 spiro atoms. The Morgan fingerprint density at radius 2 is 1.50 bits per heavy atom. The van der Waals surface area contributed by atoms with Crippen molar-refractivity contribution in [1.82, 2.24) is 0 Å². The number of benzene rings is 3. The minimum absolute atomic E-state index is 0.0930. The van der Waals surface area contributed by atoms with Crippen LogP contribution < -0.4 is 4.90 Å². The summed E-state index contributed by atoms with van der Waals surface area (Å²) in [4.78, 5) is 5.94. The Kier molecular flexibility index (Phi) is 6.69. The molecule has 0 saturated carbocycles. The molecule has 0 aliphatic carbocycles. The fraction of sp³-hybridized carbons (Fsp3) is 0.188. The number of ether oxygens (including phenoxy) is 1. The Labute approximate surface area is 212 Å². The van der Waals surface area contributed by atoms with Crippen LogP contribution in [0, 0.1) is 17.9 Å². The topological polar surface area (TPSA) is 40.6 Å². The van der Waals surface area contributed by atoms with Crippen LogP contribution in [0.3, 0.4) is 0 Å². The van der Waals surface area contributed by atoms with Gasteiger partial charge in [0.05, 0.1) is 12.6 Å². The molecule has 0 unspecified atom stereocenters. The lowest BCUT2D eigenvalue weighted by Gasteiger charge is -2.39. The molecule has 2 aliphatic rings. The van der Waals surface area contributed by atoms with E-state index in [0.717, 1.165) is 29.8 Å². The van der Waals surface area contributed by atoms with Crippen molar-refractivity contribution in [2.24, 2.45) is 0 Å². The highest BCUT2D eigenvalue weighted by atomic mass is 16.5. The number of anilines is 1. The van der Waals surface area contributed by atoms with E-state index in [2.05, 4.69) is 40.1 Å². The summed E-state index contributed by atoms with van der Waals surface area (Å²) < 4.78 is 6.76. The second-order valence-electron chi connectivity index (χ2n) is 9.10. The summed E-state index contributed by atoms with van der Waals surface area (Å²) in [6.07, 6.45) is 8.69. The van der Waals surface area contributed by atoms with Crippen LogP contribution in [0.2, 0.25) is 0 Å². The molecule has 0 radical (unpaired) electrons. The SMILES string of the molecule is [C-]#[N+]/C(C#N)=C1C=C(/C=C/c2ccc(N3CCCC3)cc2)OC(c2ccccc2)(c2ccccc2)C\1. The lowest BCUT2D eigenvalue weighted by molar-refractivity contribution is 0.0348. The Balaban J connectivity index is 1.54. The zero-order valence-corrected chi connectivity index (χ0v) is 20.1. The standard InChI is InChI=1S/C32H27N3O/c1-34-31(24-33)26-22-30(19-16-25-14-17-29(18-15-25)35-20-8-9-21-35)36-32(23-26,27-10-4-2-5-11-27)28-12-6-3-7-13-28/h2-7,10-19,22H,8-9,20-21,23H2/b19-16+,31-26+. The van der Waals surface area contributed by atoms with E-state index in [9.17, 15) is 5.26 Å². The summed E-state index contributed by atoms with van der Waals surface area (Å²) in [6, 6.07) is 30.7. The summed E-state index contributed by atoms with van der Waals surface area (Å²) in [5.41, 5.74) is 4.19. The molecular weight excluding hydrogens is 442 g/mol. The average molecular weight is 470 g/mol.